The average molecular weight is 556 g/mol. The van der Waals surface area contributed by atoms with Gasteiger partial charge in [-0.1, -0.05) is 49.4 Å². The standard InChI is InChI=1S/C27H37N7O6/c1-18(2)13-22-25(37)29-20(16-35)9-10-24(36)28-11-6-12-34-15-21(32-33-34)14-23(26(38)30-22)31-27(39)40-17-19-7-4-3-5-8-19/h3-5,7-8,15-16,18,20,22-23H,6,9-14,17H2,1-2H3,(H,28,36)(H,29,37)(H,30,38)(H,31,39)/t20-,22-,23-/m0/s1. The molecule has 1 aromatic heterocycles. The summed E-state index contributed by atoms with van der Waals surface area (Å²) in [4.78, 5) is 63.0. The number of ether oxygens (including phenoxy) is 1. The third-order valence-electron chi connectivity index (χ3n) is 6.22. The zero-order chi connectivity index (χ0) is 28.9. The molecule has 3 rings (SSSR count). The highest BCUT2D eigenvalue weighted by Gasteiger charge is 2.30. The second-order valence-corrected chi connectivity index (χ2v) is 10.1. The van der Waals surface area contributed by atoms with Gasteiger partial charge in [0.1, 0.15) is 25.0 Å². The van der Waals surface area contributed by atoms with Gasteiger partial charge in [-0.15, -0.1) is 5.10 Å². The van der Waals surface area contributed by atoms with Crippen molar-refractivity contribution in [2.24, 2.45) is 5.92 Å². The molecule has 2 aromatic rings. The number of rotatable bonds is 6. The molecule has 0 saturated carbocycles. The third kappa shape index (κ3) is 10.1. The SMILES string of the molecule is CC(C)C[C@@H]1NC(=O)[C@@H](NC(=O)OCc2ccccc2)Cc2cn(nn2)CCCNC(=O)CC[C@@H](C=O)NC1=O. The molecular weight excluding hydrogens is 518 g/mol. The van der Waals surface area contributed by atoms with Crippen LogP contribution in [-0.4, -0.2) is 69.8 Å². The minimum Gasteiger partial charge on any atom is -0.445 e. The molecule has 4 N–H and O–H groups in total. The Kier molecular flexibility index (Phi) is 11.6. The lowest BCUT2D eigenvalue weighted by atomic mass is 10.0. The molecule has 1 aromatic carbocycles. The molecule has 216 valence electrons. The fraction of sp³-hybridized carbons (Fsp3) is 0.519. The first-order valence-electron chi connectivity index (χ1n) is 13.4. The number of aromatic nitrogens is 3. The Balaban J connectivity index is 1.80. The normalized spacial score (nSPS) is 21.3. The van der Waals surface area contributed by atoms with Gasteiger partial charge in [0.25, 0.3) is 0 Å². The molecule has 0 fully saturated rings. The Morgan fingerprint density at radius 1 is 1.18 bits per heavy atom. The number of carbonyl (C=O) groups excluding carboxylic acids is 5. The van der Waals surface area contributed by atoms with Crippen LogP contribution in [0.2, 0.25) is 0 Å². The largest absolute Gasteiger partial charge is 0.445 e. The fourth-order valence-corrected chi connectivity index (χ4v) is 4.14. The van der Waals surface area contributed by atoms with Crippen LogP contribution in [0.5, 0.6) is 0 Å². The number of alkyl carbamates (subject to hydrolysis) is 1. The van der Waals surface area contributed by atoms with E-state index in [2.05, 4.69) is 31.6 Å². The van der Waals surface area contributed by atoms with Crippen molar-refractivity contribution >= 4 is 30.1 Å². The molecule has 1 aliphatic rings. The lowest BCUT2D eigenvalue weighted by Crippen LogP contribution is -2.56. The molecule has 0 saturated heterocycles. The van der Waals surface area contributed by atoms with Gasteiger partial charge in [0.2, 0.25) is 17.7 Å². The predicted octanol–water partition coefficient (Wildman–Crippen LogP) is 0.630. The topological polar surface area (TPSA) is 173 Å². The van der Waals surface area contributed by atoms with E-state index >= 15 is 0 Å². The second-order valence-electron chi connectivity index (χ2n) is 10.1. The molecule has 0 radical (unpaired) electrons. The Morgan fingerprint density at radius 2 is 1.95 bits per heavy atom. The minimum atomic E-state index is -1.11. The summed E-state index contributed by atoms with van der Waals surface area (Å²) in [6.07, 6.45) is 2.46. The Bertz CT molecular complexity index is 1150. The third-order valence-corrected chi connectivity index (χ3v) is 6.22. The number of carbonyl (C=O) groups is 5. The van der Waals surface area contributed by atoms with Gasteiger partial charge in [-0.25, -0.2) is 4.79 Å². The molecule has 0 unspecified atom stereocenters. The van der Waals surface area contributed by atoms with Crippen molar-refractivity contribution in [1.29, 1.82) is 0 Å². The summed E-state index contributed by atoms with van der Waals surface area (Å²) in [5.41, 5.74) is 1.23. The van der Waals surface area contributed by atoms with Crippen molar-refractivity contribution in [3.8, 4) is 0 Å². The van der Waals surface area contributed by atoms with Crippen molar-refractivity contribution in [2.45, 2.75) is 77.2 Å². The van der Waals surface area contributed by atoms with Gasteiger partial charge in [0, 0.05) is 32.1 Å². The first kappa shape index (κ1) is 30.3. The second kappa shape index (κ2) is 15.3. The highest BCUT2D eigenvalue weighted by atomic mass is 16.5. The van der Waals surface area contributed by atoms with E-state index in [-0.39, 0.29) is 44.1 Å². The number of hydrogen-bond acceptors (Lipinski definition) is 8. The van der Waals surface area contributed by atoms with E-state index in [4.69, 9.17) is 4.74 Å². The predicted molar refractivity (Wildman–Crippen MR) is 144 cm³/mol. The van der Waals surface area contributed by atoms with E-state index in [0.29, 0.717) is 31.5 Å². The molecule has 4 amide bonds. The van der Waals surface area contributed by atoms with Crippen LogP contribution in [0.25, 0.3) is 0 Å². The summed E-state index contributed by atoms with van der Waals surface area (Å²) in [7, 11) is 0. The van der Waals surface area contributed by atoms with E-state index < -0.39 is 36.0 Å². The van der Waals surface area contributed by atoms with E-state index in [1.54, 1.807) is 10.9 Å². The molecule has 0 spiro atoms. The Hall–Kier alpha value is -4.29. The van der Waals surface area contributed by atoms with Gasteiger partial charge in [0.05, 0.1) is 11.7 Å². The first-order valence-corrected chi connectivity index (χ1v) is 13.4. The number of hydrogen-bond donors (Lipinski definition) is 4. The highest BCUT2D eigenvalue weighted by Crippen LogP contribution is 2.09. The maximum Gasteiger partial charge on any atom is 0.408 e. The van der Waals surface area contributed by atoms with Crippen LogP contribution in [0.15, 0.2) is 36.5 Å². The summed E-state index contributed by atoms with van der Waals surface area (Å²) in [6.45, 7) is 4.66. The van der Waals surface area contributed by atoms with E-state index in [1.807, 2.05) is 44.2 Å². The first-order chi connectivity index (χ1) is 19.2. The number of amides is 4. The summed E-state index contributed by atoms with van der Waals surface area (Å²) in [5.74, 6) is -1.38. The molecular formula is C27H37N7O6. The molecule has 2 heterocycles. The molecule has 1 aliphatic heterocycles. The van der Waals surface area contributed by atoms with E-state index in [1.165, 1.54) is 0 Å². The fourth-order valence-electron chi connectivity index (χ4n) is 4.14. The van der Waals surface area contributed by atoms with Crippen molar-refractivity contribution in [3.05, 3.63) is 47.8 Å². The maximum atomic E-state index is 13.4. The van der Waals surface area contributed by atoms with Crippen molar-refractivity contribution in [1.82, 2.24) is 36.3 Å². The van der Waals surface area contributed by atoms with Crippen LogP contribution in [0.4, 0.5) is 4.79 Å². The molecule has 13 nitrogen and oxygen atoms in total. The zero-order valence-corrected chi connectivity index (χ0v) is 22.8. The van der Waals surface area contributed by atoms with Gasteiger partial charge in [-0.05, 0) is 30.7 Å². The number of aryl methyl sites for hydroxylation is 1. The number of nitrogens with one attached hydrogen (secondary N) is 4. The van der Waals surface area contributed by atoms with E-state index in [9.17, 15) is 24.0 Å². The number of aldehydes is 1. The van der Waals surface area contributed by atoms with Crippen LogP contribution in [0.1, 0.15) is 50.8 Å². The lowest BCUT2D eigenvalue weighted by Gasteiger charge is -2.25. The van der Waals surface area contributed by atoms with Crippen LogP contribution < -0.4 is 21.3 Å². The summed E-state index contributed by atoms with van der Waals surface area (Å²) >= 11 is 0. The monoisotopic (exact) mass is 555 g/mol. The van der Waals surface area contributed by atoms with Crippen molar-refractivity contribution in [3.63, 3.8) is 0 Å². The minimum absolute atomic E-state index is 0.00398. The average Bonchev–Trinajstić information content (AvgIpc) is 3.38. The van der Waals surface area contributed by atoms with Gasteiger partial charge in [-0.2, -0.15) is 0 Å². The summed E-state index contributed by atoms with van der Waals surface area (Å²) in [6, 6.07) is 6.11. The van der Waals surface area contributed by atoms with Gasteiger partial charge in [0.15, 0.2) is 0 Å². The van der Waals surface area contributed by atoms with Crippen LogP contribution in [0.3, 0.4) is 0 Å². The van der Waals surface area contributed by atoms with Crippen LogP contribution >= 0.6 is 0 Å². The molecule has 3 atom stereocenters. The zero-order valence-electron chi connectivity index (χ0n) is 22.8. The highest BCUT2D eigenvalue weighted by molar-refractivity contribution is 5.92. The number of nitrogens with zero attached hydrogens (tertiary/aromatic N) is 3. The van der Waals surface area contributed by atoms with Gasteiger partial charge >= 0.3 is 6.09 Å². The van der Waals surface area contributed by atoms with Gasteiger partial charge in [-0.3, -0.25) is 19.1 Å². The van der Waals surface area contributed by atoms with Crippen molar-refractivity contribution in [2.75, 3.05) is 6.54 Å². The van der Waals surface area contributed by atoms with Gasteiger partial charge < -0.3 is 30.8 Å². The lowest BCUT2D eigenvalue weighted by molar-refractivity contribution is -0.131. The summed E-state index contributed by atoms with van der Waals surface area (Å²) in [5, 5.41) is 18.9. The number of fused-ring (bicyclic) bond motifs is 2. The molecule has 0 aliphatic carbocycles. The molecule has 40 heavy (non-hydrogen) atoms. The maximum absolute atomic E-state index is 13.4. The Labute approximate surface area is 232 Å². The van der Waals surface area contributed by atoms with Crippen molar-refractivity contribution < 1.29 is 28.7 Å². The molecule has 2 bridgehead atoms. The molecule has 13 heteroatoms. The number of benzene rings is 1. The van der Waals surface area contributed by atoms with Crippen LogP contribution in [-0.2, 0) is 43.5 Å². The smallest absolute Gasteiger partial charge is 0.408 e. The Morgan fingerprint density at radius 3 is 2.67 bits per heavy atom. The quantitative estimate of drug-likeness (QED) is 0.376. The van der Waals surface area contributed by atoms with E-state index in [0.717, 1.165) is 5.56 Å². The summed E-state index contributed by atoms with van der Waals surface area (Å²) < 4.78 is 6.90. The van der Waals surface area contributed by atoms with Crippen LogP contribution in [0, 0.1) is 5.92 Å².